The Balaban J connectivity index is 2.38. The van der Waals surface area contributed by atoms with Crippen molar-refractivity contribution in [2.75, 3.05) is 5.75 Å². The molecule has 0 saturated heterocycles. The van der Waals surface area contributed by atoms with Crippen molar-refractivity contribution in [3.05, 3.63) is 17.8 Å². The molecule has 104 valence electrons. The highest BCUT2D eigenvalue weighted by molar-refractivity contribution is 7.87. The van der Waals surface area contributed by atoms with E-state index in [4.69, 9.17) is 0 Å². The monoisotopic (exact) mass is 308 g/mol. The van der Waals surface area contributed by atoms with E-state index < -0.39 is 22.5 Å². The third-order valence-corrected chi connectivity index (χ3v) is 5.28. The van der Waals surface area contributed by atoms with Crippen LogP contribution < -0.4 is 0 Å². The molecule has 1 atom stereocenters. The molecule has 0 aliphatic carbocycles. The second-order valence-corrected chi connectivity index (χ2v) is 7.13. The van der Waals surface area contributed by atoms with Gasteiger partial charge in [-0.3, -0.25) is 4.21 Å². The number of alkyl halides is 3. The van der Waals surface area contributed by atoms with E-state index in [-0.39, 0.29) is 11.6 Å². The van der Waals surface area contributed by atoms with Crippen molar-refractivity contribution in [2.24, 2.45) is 5.92 Å². The number of nitrogens with zero attached hydrogens (tertiary/aromatic N) is 2. The lowest BCUT2D eigenvalue weighted by atomic mass is 10.3. The van der Waals surface area contributed by atoms with Crippen LogP contribution in [0.4, 0.5) is 13.2 Å². The summed E-state index contributed by atoms with van der Waals surface area (Å²) in [5.41, 5.74) is -0.602. The zero-order chi connectivity index (χ0) is 14.2. The molecule has 0 aromatic carbocycles. The summed E-state index contributed by atoms with van der Waals surface area (Å²) in [5.74, 6) is 0.665. The number of fused-ring (bicyclic) bond motifs is 1. The van der Waals surface area contributed by atoms with Gasteiger partial charge in [0.25, 0.3) is 0 Å². The van der Waals surface area contributed by atoms with E-state index in [1.54, 1.807) is 0 Å². The number of hydrogen-bond donors (Lipinski definition) is 0. The van der Waals surface area contributed by atoms with Gasteiger partial charge in [0.15, 0.2) is 9.99 Å². The molecule has 0 amide bonds. The second kappa shape index (κ2) is 5.16. The molecule has 0 radical (unpaired) electrons. The van der Waals surface area contributed by atoms with Gasteiger partial charge < -0.3 is 0 Å². The maximum absolute atomic E-state index is 12.5. The zero-order valence-electron chi connectivity index (χ0n) is 10.2. The lowest BCUT2D eigenvalue weighted by Gasteiger charge is -2.04. The van der Waals surface area contributed by atoms with E-state index in [0.29, 0.717) is 14.8 Å². The highest BCUT2D eigenvalue weighted by atomic mass is 32.2. The van der Waals surface area contributed by atoms with Crippen molar-refractivity contribution in [1.29, 1.82) is 0 Å². The third kappa shape index (κ3) is 3.30. The highest BCUT2D eigenvalue weighted by Crippen LogP contribution is 2.32. The number of thiazole rings is 1. The van der Waals surface area contributed by atoms with E-state index in [1.165, 1.54) is 0 Å². The topological polar surface area (TPSA) is 42.9 Å². The summed E-state index contributed by atoms with van der Waals surface area (Å²) in [4.78, 5) is 7.70. The number of aromatic nitrogens is 2. The van der Waals surface area contributed by atoms with Gasteiger partial charge in [-0.1, -0.05) is 13.8 Å². The predicted molar refractivity (Wildman–Crippen MR) is 68.5 cm³/mol. The Morgan fingerprint density at radius 3 is 2.68 bits per heavy atom. The van der Waals surface area contributed by atoms with E-state index in [0.717, 1.165) is 23.6 Å². The molecule has 2 aromatic heterocycles. The molecule has 0 saturated carbocycles. The molecular formula is C11H11F3N2OS2. The fourth-order valence-corrected chi connectivity index (χ4v) is 3.90. The molecule has 2 heterocycles. The van der Waals surface area contributed by atoms with Gasteiger partial charge in [0.2, 0.25) is 0 Å². The lowest BCUT2D eigenvalue weighted by molar-refractivity contribution is -0.137. The lowest BCUT2D eigenvalue weighted by Crippen LogP contribution is -2.05. The van der Waals surface area contributed by atoms with Crippen LogP contribution in [0.1, 0.15) is 19.4 Å². The first-order valence-corrected chi connectivity index (χ1v) is 7.63. The van der Waals surface area contributed by atoms with E-state index in [9.17, 15) is 17.4 Å². The van der Waals surface area contributed by atoms with Crippen LogP contribution >= 0.6 is 11.3 Å². The molecule has 0 unspecified atom stereocenters. The summed E-state index contributed by atoms with van der Waals surface area (Å²) in [6, 6.07) is 0.996. The molecule has 2 rings (SSSR count). The van der Waals surface area contributed by atoms with Crippen LogP contribution in [0.2, 0.25) is 0 Å². The zero-order valence-corrected chi connectivity index (χ0v) is 11.8. The molecule has 19 heavy (non-hydrogen) atoms. The molecule has 0 fully saturated rings. The minimum absolute atomic E-state index is 0.213. The first-order chi connectivity index (χ1) is 8.77. The molecule has 0 aliphatic heterocycles. The maximum atomic E-state index is 12.5. The summed E-state index contributed by atoms with van der Waals surface area (Å²) >= 11 is 1.00. The van der Waals surface area contributed by atoms with Crippen LogP contribution in [-0.4, -0.2) is 19.9 Å². The van der Waals surface area contributed by atoms with Crippen molar-refractivity contribution >= 4 is 32.5 Å². The first-order valence-electron chi connectivity index (χ1n) is 5.49. The highest BCUT2D eigenvalue weighted by Gasteiger charge is 2.31. The molecule has 2 aromatic rings. The van der Waals surface area contributed by atoms with Crippen molar-refractivity contribution < 1.29 is 17.4 Å². The van der Waals surface area contributed by atoms with E-state index >= 15 is 0 Å². The maximum Gasteiger partial charge on any atom is 0.417 e. The molecule has 0 bridgehead atoms. The average molecular weight is 308 g/mol. The SMILES string of the molecule is CC(C)C[S@@](=O)c1nc2ncc(C(F)(F)F)cc2s1. The Labute approximate surface area is 114 Å². The summed E-state index contributed by atoms with van der Waals surface area (Å²) in [6.45, 7) is 3.84. The number of hydrogen-bond acceptors (Lipinski definition) is 4. The molecule has 0 N–H and O–H groups in total. The Morgan fingerprint density at radius 2 is 2.11 bits per heavy atom. The molecular weight excluding hydrogens is 297 g/mol. The molecule has 0 aliphatic rings. The van der Waals surface area contributed by atoms with Gasteiger partial charge in [-0.25, -0.2) is 9.97 Å². The van der Waals surface area contributed by atoms with Crippen LogP contribution in [-0.2, 0) is 17.0 Å². The van der Waals surface area contributed by atoms with Gasteiger partial charge in [0, 0.05) is 11.9 Å². The summed E-state index contributed by atoms with van der Waals surface area (Å²) in [5, 5.41) is 0. The average Bonchev–Trinajstić information content (AvgIpc) is 2.69. The van der Waals surface area contributed by atoms with Gasteiger partial charge in [0.1, 0.15) is 0 Å². The fourth-order valence-electron chi connectivity index (χ4n) is 1.43. The van der Waals surface area contributed by atoms with Gasteiger partial charge in [0.05, 0.1) is 21.1 Å². The Bertz CT molecular complexity index is 622. The normalized spacial score (nSPS) is 14.2. The Kier molecular flexibility index (Phi) is 3.91. The van der Waals surface area contributed by atoms with Gasteiger partial charge in [-0.2, -0.15) is 13.2 Å². The smallest absolute Gasteiger partial charge is 0.252 e. The number of pyridine rings is 1. The molecule has 3 nitrogen and oxygen atoms in total. The van der Waals surface area contributed by atoms with Crippen LogP contribution in [0.15, 0.2) is 16.6 Å². The largest absolute Gasteiger partial charge is 0.417 e. The fraction of sp³-hybridized carbons (Fsp3) is 0.455. The molecule has 0 spiro atoms. The Morgan fingerprint density at radius 1 is 1.42 bits per heavy atom. The summed E-state index contributed by atoms with van der Waals surface area (Å²) in [6.07, 6.45) is -3.68. The van der Waals surface area contributed by atoms with E-state index in [1.807, 2.05) is 13.8 Å². The molecule has 8 heteroatoms. The third-order valence-electron chi connectivity index (χ3n) is 2.23. The van der Waals surface area contributed by atoms with Crippen molar-refractivity contribution in [3.8, 4) is 0 Å². The predicted octanol–water partition coefficient (Wildman–Crippen LogP) is 3.47. The Hall–Kier alpha value is -1.02. The second-order valence-electron chi connectivity index (χ2n) is 4.43. The van der Waals surface area contributed by atoms with E-state index in [2.05, 4.69) is 9.97 Å². The van der Waals surface area contributed by atoms with Gasteiger partial charge >= 0.3 is 6.18 Å². The quantitative estimate of drug-likeness (QED) is 0.872. The van der Waals surface area contributed by atoms with Crippen molar-refractivity contribution in [2.45, 2.75) is 24.4 Å². The van der Waals surface area contributed by atoms with Gasteiger partial charge in [-0.05, 0) is 12.0 Å². The van der Waals surface area contributed by atoms with Crippen LogP contribution in [0.5, 0.6) is 0 Å². The van der Waals surface area contributed by atoms with Gasteiger partial charge in [-0.15, -0.1) is 11.3 Å². The standard InChI is InChI=1S/C11H11F3N2OS2/c1-6(2)5-19(17)10-16-9-8(18-10)3-7(4-15-9)11(12,13)14/h3-4,6H,5H2,1-2H3/t19-/m1/s1. The number of rotatable bonds is 3. The van der Waals surface area contributed by atoms with Crippen LogP contribution in [0.3, 0.4) is 0 Å². The minimum atomic E-state index is -4.43. The number of halogens is 3. The summed E-state index contributed by atoms with van der Waals surface area (Å²) in [7, 11) is -1.29. The van der Waals surface area contributed by atoms with Crippen LogP contribution in [0, 0.1) is 5.92 Å². The minimum Gasteiger partial charge on any atom is -0.252 e. The van der Waals surface area contributed by atoms with Crippen molar-refractivity contribution in [3.63, 3.8) is 0 Å². The first kappa shape index (κ1) is 14.4. The van der Waals surface area contributed by atoms with Crippen LogP contribution in [0.25, 0.3) is 10.3 Å². The van der Waals surface area contributed by atoms with Crippen molar-refractivity contribution in [1.82, 2.24) is 9.97 Å². The summed E-state index contributed by atoms with van der Waals surface area (Å²) < 4.78 is 50.2.